The quantitative estimate of drug-likeness (QED) is 0.652. The van der Waals surface area contributed by atoms with Crippen LogP contribution in [-0.4, -0.2) is 60.7 Å². The van der Waals surface area contributed by atoms with Crippen molar-refractivity contribution in [2.24, 2.45) is 4.99 Å². The lowest BCUT2D eigenvalue weighted by Crippen LogP contribution is -2.52. The average molecular weight is 354 g/mol. The highest BCUT2D eigenvalue weighted by molar-refractivity contribution is 5.80. The molecule has 2 aromatic heterocycles. The number of aromatic nitrogens is 2. The van der Waals surface area contributed by atoms with Gasteiger partial charge in [-0.25, -0.2) is 15.0 Å². The third kappa shape index (κ3) is 4.62. The van der Waals surface area contributed by atoms with Gasteiger partial charge in [0.25, 0.3) is 0 Å². The molecule has 1 saturated heterocycles. The van der Waals surface area contributed by atoms with E-state index in [4.69, 9.17) is 9.73 Å². The molecule has 138 valence electrons. The molecule has 0 atom stereocenters. The summed E-state index contributed by atoms with van der Waals surface area (Å²) in [5, 5.41) is 3.40. The van der Waals surface area contributed by atoms with Crippen molar-refractivity contribution >= 4 is 11.8 Å². The number of ether oxygens (including phenoxy) is 1. The first-order chi connectivity index (χ1) is 12.8. The van der Waals surface area contributed by atoms with E-state index < -0.39 is 0 Å². The van der Waals surface area contributed by atoms with E-state index in [9.17, 15) is 0 Å². The Morgan fingerprint density at radius 1 is 1.15 bits per heavy atom. The van der Waals surface area contributed by atoms with Gasteiger partial charge in [-0.3, -0.25) is 0 Å². The van der Waals surface area contributed by atoms with Crippen LogP contribution in [0.2, 0.25) is 0 Å². The summed E-state index contributed by atoms with van der Waals surface area (Å²) >= 11 is 0. The normalized spacial score (nSPS) is 15.1. The van der Waals surface area contributed by atoms with Gasteiger partial charge in [0.15, 0.2) is 5.96 Å². The first-order valence-corrected chi connectivity index (χ1v) is 8.98. The SMILES string of the molecule is CCNC(=NCc1ccc(OC)nc1)N1CCN(c2ccccn2)CC1. The summed E-state index contributed by atoms with van der Waals surface area (Å²) in [5.41, 5.74) is 1.06. The molecule has 0 radical (unpaired) electrons. The molecule has 3 heterocycles. The zero-order valence-electron chi connectivity index (χ0n) is 15.4. The Kier molecular flexibility index (Phi) is 6.24. The molecule has 0 unspecified atom stereocenters. The van der Waals surface area contributed by atoms with Crippen LogP contribution in [-0.2, 0) is 6.54 Å². The lowest BCUT2D eigenvalue weighted by atomic mass is 10.3. The molecular formula is C19H26N6O. The number of piperazine rings is 1. The minimum absolute atomic E-state index is 0.597. The summed E-state index contributed by atoms with van der Waals surface area (Å²) in [6.45, 7) is 7.25. The van der Waals surface area contributed by atoms with E-state index >= 15 is 0 Å². The van der Waals surface area contributed by atoms with Crippen LogP contribution in [0.3, 0.4) is 0 Å². The molecule has 0 aliphatic carbocycles. The third-order valence-electron chi connectivity index (χ3n) is 4.31. The van der Waals surface area contributed by atoms with Crippen molar-refractivity contribution in [1.29, 1.82) is 0 Å². The van der Waals surface area contributed by atoms with Gasteiger partial charge in [0.05, 0.1) is 13.7 Å². The molecule has 3 rings (SSSR count). The number of hydrogen-bond acceptors (Lipinski definition) is 5. The van der Waals surface area contributed by atoms with Crippen LogP contribution in [0.5, 0.6) is 5.88 Å². The Morgan fingerprint density at radius 3 is 2.62 bits per heavy atom. The van der Waals surface area contributed by atoms with Gasteiger partial charge in [-0.1, -0.05) is 12.1 Å². The van der Waals surface area contributed by atoms with Crippen molar-refractivity contribution in [1.82, 2.24) is 20.2 Å². The summed E-state index contributed by atoms with van der Waals surface area (Å²) in [4.78, 5) is 18.1. The molecule has 7 nitrogen and oxygen atoms in total. The Bertz CT molecular complexity index is 696. The Morgan fingerprint density at radius 2 is 2.00 bits per heavy atom. The molecule has 0 aromatic carbocycles. The number of aliphatic imine (C=N–C) groups is 1. The highest BCUT2D eigenvalue weighted by Crippen LogP contribution is 2.13. The summed E-state index contributed by atoms with van der Waals surface area (Å²) in [7, 11) is 1.62. The number of methoxy groups -OCH3 is 1. The van der Waals surface area contributed by atoms with E-state index in [1.807, 2.05) is 36.7 Å². The summed E-state index contributed by atoms with van der Waals surface area (Å²) in [5.74, 6) is 2.61. The van der Waals surface area contributed by atoms with E-state index in [2.05, 4.69) is 38.1 Å². The van der Waals surface area contributed by atoms with Crippen molar-refractivity contribution in [2.75, 3.05) is 44.7 Å². The molecule has 1 aliphatic rings. The van der Waals surface area contributed by atoms with Gasteiger partial charge in [-0.15, -0.1) is 0 Å². The Balaban J connectivity index is 1.60. The zero-order chi connectivity index (χ0) is 18.2. The number of hydrogen-bond donors (Lipinski definition) is 1. The van der Waals surface area contributed by atoms with Crippen molar-refractivity contribution in [2.45, 2.75) is 13.5 Å². The maximum atomic E-state index is 5.10. The van der Waals surface area contributed by atoms with Crippen molar-refractivity contribution in [3.8, 4) is 5.88 Å². The Hall–Kier alpha value is -2.83. The van der Waals surface area contributed by atoms with Gasteiger partial charge in [-0.2, -0.15) is 0 Å². The average Bonchev–Trinajstić information content (AvgIpc) is 2.72. The van der Waals surface area contributed by atoms with Crippen molar-refractivity contribution in [3.63, 3.8) is 0 Å². The molecule has 7 heteroatoms. The topological polar surface area (TPSA) is 65.9 Å². The molecule has 0 spiro atoms. The largest absolute Gasteiger partial charge is 0.481 e. The predicted molar refractivity (Wildman–Crippen MR) is 104 cm³/mol. The monoisotopic (exact) mass is 354 g/mol. The van der Waals surface area contributed by atoms with Crippen LogP contribution in [0.1, 0.15) is 12.5 Å². The highest BCUT2D eigenvalue weighted by atomic mass is 16.5. The maximum absolute atomic E-state index is 5.10. The van der Waals surface area contributed by atoms with Gasteiger partial charge in [0.2, 0.25) is 5.88 Å². The fraction of sp³-hybridized carbons (Fsp3) is 0.421. The molecule has 1 aliphatic heterocycles. The van der Waals surface area contributed by atoms with Crippen LogP contribution in [0.4, 0.5) is 5.82 Å². The third-order valence-corrected chi connectivity index (χ3v) is 4.31. The van der Waals surface area contributed by atoms with Crippen LogP contribution < -0.4 is 15.0 Å². The van der Waals surface area contributed by atoms with Gasteiger partial charge in [-0.05, 0) is 24.6 Å². The zero-order valence-corrected chi connectivity index (χ0v) is 15.4. The molecular weight excluding hydrogens is 328 g/mol. The number of pyridine rings is 2. The minimum atomic E-state index is 0.597. The summed E-state index contributed by atoms with van der Waals surface area (Å²) < 4.78 is 5.10. The van der Waals surface area contributed by atoms with Crippen LogP contribution in [0.25, 0.3) is 0 Å². The van der Waals surface area contributed by atoms with Gasteiger partial charge < -0.3 is 19.9 Å². The van der Waals surface area contributed by atoms with Crippen LogP contribution >= 0.6 is 0 Å². The molecule has 0 amide bonds. The smallest absolute Gasteiger partial charge is 0.212 e. The van der Waals surface area contributed by atoms with Gasteiger partial charge in [0.1, 0.15) is 5.82 Å². The van der Waals surface area contributed by atoms with E-state index in [1.54, 1.807) is 7.11 Å². The minimum Gasteiger partial charge on any atom is -0.481 e. The van der Waals surface area contributed by atoms with E-state index in [0.717, 1.165) is 50.1 Å². The van der Waals surface area contributed by atoms with Gasteiger partial charge in [0, 0.05) is 51.2 Å². The lowest BCUT2D eigenvalue weighted by molar-refractivity contribution is 0.371. The molecule has 0 saturated carbocycles. The standard InChI is InChI=1S/C19H26N6O/c1-3-20-19(23-15-16-7-8-18(26-2)22-14-16)25-12-10-24(11-13-25)17-6-4-5-9-21-17/h4-9,14H,3,10-13,15H2,1-2H3,(H,20,23). The fourth-order valence-electron chi connectivity index (χ4n) is 2.91. The first-order valence-electron chi connectivity index (χ1n) is 8.98. The van der Waals surface area contributed by atoms with Crippen molar-refractivity contribution in [3.05, 3.63) is 48.3 Å². The van der Waals surface area contributed by atoms with Crippen LogP contribution in [0, 0.1) is 0 Å². The van der Waals surface area contributed by atoms with E-state index in [1.165, 1.54) is 0 Å². The van der Waals surface area contributed by atoms with E-state index in [-0.39, 0.29) is 0 Å². The van der Waals surface area contributed by atoms with Crippen molar-refractivity contribution < 1.29 is 4.74 Å². The van der Waals surface area contributed by atoms with Crippen LogP contribution in [0.15, 0.2) is 47.7 Å². The lowest BCUT2D eigenvalue weighted by Gasteiger charge is -2.37. The number of rotatable bonds is 5. The number of anilines is 1. The molecule has 2 aromatic rings. The van der Waals surface area contributed by atoms with Gasteiger partial charge >= 0.3 is 0 Å². The number of guanidine groups is 1. The maximum Gasteiger partial charge on any atom is 0.212 e. The highest BCUT2D eigenvalue weighted by Gasteiger charge is 2.20. The Labute approximate surface area is 154 Å². The first kappa shape index (κ1) is 18.0. The summed E-state index contributed by atoms with van der Waals surface area (Å²) in [6.07, 6.45) is 3.65. The summed E-state index contributed by atoms with van der Waals surface area (Å²) in [6, 6.07) is 9.90. The second kappa shape index (κ2) is 9.03. The fourth-order valence-corrected chi connectivity index (χ4v) is 2.91. The molecule has 1 N–H and O–H groups in total. The molecule has 1 fully saturated rings. The number of nitrogens with one attached hydrogen (secondary N) is 1. The second-order valence-electron chi connectivity index (χ2n) is 6.04. The van der Waals surface area contributed by atoms with E-state index in [0.29, 0.717) is 12.4 Å². The predicted octanol–water partition coefficient (Wildman–Crippen LogP) is 1.77. The number of nitrogens with zero attached hydrogens (tertiary/aromatic N) is 5. The molecule has 0 bridgehead atoms. The molecule has 26 heavy (non-hydrogen) atoms. The second-order valence-corrected chi connectivity index (χ2v) is 6.04.